The van der Waals surface area contributed by atoms with Crippen LogP contribution >= 0.6 is 11.3 Å². The number of Topliss-reactive ketones (excluding diaryl/α,β-unsaturated/α-hetero) is 1. The topological polar surface area (TPSA) is 64.6 Å². The van der Waals surface area contributed by atoms with E-state index in [0.29, 0.717) is 25.2 Å². The summed E-state index contributed by atoms with van der Waals surface area (Å²) in [7, 11) is 0. The first-order chi connectivity index (χ1) is 17.7. The van der Waals surface area contributed by atoms with E-state index >= 15 is 0 Å². The average molecular weight is 500 g/mol. The highest BCUT2D eigenvalue weighted by Gasteiger charge is 2.21. The number of nitrogens with one attached hydrogen (secondary N) is 1. The highest BCUT2D eigenvalue weighted by Crippen LogP contribution is 2.21. The first-order valence-corrected chi connectivity index (χ1v) is 12.8. The van der Waals surface area contributed by atoms with Crippen LogP contribution in [0.2, 0.25) is 0 Å². The Hall–Kier alpha value is -3.74. The second kappa shape index (κ2) is 13.4. The van der Waals surface area contributed by atoms with Crippen LogP contribution in [0, 0.1) is 0 Å². The number of hydrogen-bond donors (Lipinski definition) is 1. The van der Waals surface area contributed by atoms with Crippen LogP contribution in [0.4, 0.5) is 0 Å². The number of aryl methyl sites for hydroxylation is 1. The molecule has 36 heavy (non-hydrogen) atoms. The third-order valence-electron chi connectivity index (χ3n) is 5.58. The minimum atomic E-state index is -0.718. The molecule has 0 aliphatic rings. The van der Waals surface area contributed by atoms with Gasteiger partial charge in [-0.25, -0.2) is 0 Å². The molecule has 1 N–H and O–H groups in total. The van der Waals surface area contributed by atoms with Crippen LogP contribution in [0.3, 0.4) is 0 Å². The SMILES string of the molecule is O=C(CCc1cccs1)NC(COCc1ccccc1)C(=O)Cc1ccc(Oc2ccccc2)cc1. The standard InChI is InChI=1S/C30H29NO4S/c32-29(20-23-13-15-26(16-14-23)35-25-10-5-2-6-11-25)28(22-34-21-24-8-3-1-4-9-24)31-30(33)18-17-27-12-7-19-36-27/h1-16,19,28H,17-18,20-22H2,(H,31,33). The molecule has 0 saturated carbocycles. The lowest BCUT2D eigenvalue weighted by molar-refractivity contribution is -0.129. The van der Waals surface area contributed by atoms with Gasteiger partial charge >= 0.3 is 0 Å². The Labute approximate surface area is 215 Å². The van der Waals surface area contributed by atoms with Crippen molar-refractivity contribution in [3.63, 3.8) is 0 Å². The van der Waals surface area contributed by atoms with Gasteiger partial charge in [0.25, 0.3) is 0 Å². The van der Waals surface area contributed by atoms with Crippen molar-refractivity contribution in [3.05, 3.63) is 118 Å². The number of carbonyl (C=O) groups is 2. The summed E-state index contributed by atoms with van der Waals surface area (Å²) >= 11 is 1.62. The average Bonchev–Trinajstić information content (AvgIpc) is 3.43. The van der Waals surface area contributed by atoms with Crippen molar-refractivity contribution in [3.8, 4) is 11.5 Å². The molecule has 0 fully saturated rings. The zero-order valence-electron chi connectivity index (χ0n) is 20.0. The van der Waals surface area contributed by atoms with Gasteiger partial charge in [-0.1, -0.05) is 66.7 Å². The molecule has 3 aromatic carbocycles. The van der Waals surface area contributed by atoms with Crippen LogP contribution in [0.5, 0.6) is 11.5 Å². The fourth-order valence-electron chi connectivity index (χ4n) is 3.67. The normalized spacial score (nSPS) is 11.6. The Bertz CT molecular complexity index is 1210. The Balaban J connectivity index is 1.34. The molecule has 0 aliphatic carbocycles. The van der Waals surface area contributed by atoms with Crippen LogP contribution in [-0.4, -0.2) is 24.3 Å². The molecule has 5 nitrogen and oxygen atoms in total. The summed E-state index contributed by atoms with van der Waals surface area (Å²) in [6, 6.07) is 30.0. The lowest BCUT2D eigenvalue weighted by Gasteiger charge is -2.18. The second-order valence-electron chi connectivity index (χ2n) is 8.40. The van der Waals surface area contributed by atoms with Crippen LogP contribution in [0.25, 0.3) is 0 Å². The van der Waals surface area contributed by atoms with Gasteiger partial charge in [0.1, 0.15) is 17.5 Å². The number of rotatable bonds is 13. The van der Waals surface area contributed by atoms with Gasteiger partial charge in [-0.15, -0.1) is 11.3 Å². The van der Waals surface area contributed by atoms with Crippen LogP contribution in [0.15, 0.2) is 102 Å². The summed E-state index contributed by atoms with van der Waals surface area (Å²) in [5.41, 5.74) is 1.86. The van der Waals surface area contributed by atoms with Crippen LogP contribution < -0.4 is 10.1 Å². The van der Waals surface area contributed by atoms with Crippen LogP contribution in [-0.2, 0) is 33.8 Å². The number of para-hydroxylation sites is 1. The lowest BCUT2D eigenvalue weighted by atomic mass is 10.0. The van der Waals surface area contributed by atoms with E-state index in [-0.39, 0.29) is 24.7 Å². The Morgan fingerprint density at radius 3 is 2.17 bits per heavy atom. The number of thiophene rings is 1. The van der Waals surface area contributed by atoms with Crippen molar-refractivity contribution in [1.29, 1.82) is 0 Å². The second-order valence-corrected chi connectivity index (χ2v) is 9.43. The summed E-state index contributed by atoms with van der Waals surface area (Å²) in [6.45, 7) is 0.495. The number of ketones is 1. The number of amides is 1. The first-order valence-electron chi connectivity index (χ1n) is 11.9. The van der Waals surface area contributed by atoms with Gasteiger partial charge in [0.2, 0.25) is 5.91 Å². The molecule has 0 bridgehead atoms. The Morgan fingerprint density at radius 1 is 0.778 bits per heavy atom. The summed E-state index contributed by atoms with van der Waals surface area (Å²) in [5.74, 6) is 1.20. The van der Waals surface area contributed by atoms with Crippen molar-refractivity contribution in [2.24, 2.45) is 0 Å². The van der Waals surface area contributed by atoms with Gasteiger partial charge in [-0.05, 0) is 53.3 Å². The maximum absolute atomic E-state index is 13.2. The number of hydrogen-bond acceptors (Lipinski definition) is 5. The van der Waals surface area contributed by atoms with Crippen LogP contribution in [0.1, 0.15) is 22.4 Å². The Morgan fingerprint density at radius 2 is 1.47 bits per heavy atom. The third kappa shape index (κ3) is 8.18. The molecule has 184 valence electrons. The summed E-state index contributed by atoms with van der Waals surface area (Å²) < 4.78 is 11.7. The number of ether oxygens (including phenoxy) is 2. The predicted octanol–water partition coefficient (Wildman–Crippen LogP) is 5.99. The van der Waals surface area contributed by atoms with E-state index in [9.17, 15) is 9.59 Å². The fraction of sp³-hybridized carbons (Fsp3) is 0.200. The number of benzene rings is 3. The van der Waals surface area contributed by atoms with E-state index in [1.807, 2.05) is 102 Å². The number of carbonyl (C=O) groups excluding carboxylic acids is 2. The van der Waals surface area contributed by atoms with Gasteiger partial charge < -0.3 is 14.8 Å². The maximum atomic E-state index is 13.2. The zero-order chi connectivity index (χ0) is 25.0. The molecule has 1 amide bonds. The molecule has 0 spiro atoms. The summed E-state index contributed by atoms with van der Waals surface area (Å²) in [6.07, 6.45) is 1.17. The van der Waals surface area contributed by atoms with Crippen molar-refractivity contribution < 1.29 is 19.1 Å². The van der Waals surface area contributed by atoms with E-state index < -0.39 is 6.04 Å². The summed E-state index contributed by atoms with van der Waals surface area (Å²) in [5, 5.41) is 4.89. The van der Waals surface area contributed by atoms with E-state index in [0.717, 1.165) is 21.8 Å². The molecule has 1 atom stereocenters. The highest BCUT2D eigenvalue weighted by molar-refractivity contribution is 7.09. The molecule has 4 rings (SSSR count). The van der Waals surface area contributed by atoms with E-state index in [1.54, 1.807) is 11.3 Å². The van der Waals surface area contributed by atoms with Gasteiger partial charge in [0.15, 0.2) is 5.78 Å². The molecule has 4 aromatic rings. The summed E-state index contributed by atoms with van der Waals surface area (Å²) in [4.78, 5) is 26.9. The Kier molecular flexibility index (Phi) is 9.42. The minimum absolute atomic E-state index is 0.0933. The monoisotopic (exact) mass is 499 g/mol. The smallest absolute Gasteiger partial charge is 0.221 e. The minimum Gasteiger partial charge on any atom is -0.457 e. The third-order valence-corrected chi connectivity index (χ3v) is 6.52. The van der Waals surface area contributed by atoms with Crippen molar-refractivity contribution in [2.75, 3.05) is 6.61 Å². The lowest BCUT2D eigenvalue weighted by Crippen LogP contribution is -2.44. The maximum Gasteiger partial charge on any atom is 0.221 e. The largest absolute Gasteiger partial charge is 0.457 e. The van der Waals surface area contributed by atoms with Gasteiger partial charge in [-0.2, -0.15) is 0 Å². The molecule has 0 saturated heterocycles. The molecular weight excluding hydrogens is 470 g/mol. The molecule has 0 radical (unpaired) electrons. The quantitative estimate of drug-likeness (QED) is 0.246. The molecule has 1 unspecified atom stereocenters. The van der Waals surface area contributed by atoms with Gasteiger partial charge in [0, 0.05) is 17.7 Å². The molecule has 1 heterocycles. The fourth-order valence-corrected chi connectivity index (χ4v) is 4.38. The first kappa shape index (κ1) is 25.4. The van der Waals surface area contributed by atoms with E-state index in [4.69, 9.17) is 9.47 Å². The van der Waals surface area contributed by atoms with Crippen molar-refractivity contribution in [1.82, 2.24) is 5.32 Å². The zero-order valence-corrected chi connectivity index (χ0v) is 20.8. The van der Waals surface area contributed by atoms with Crippen molar-refractivity contribution in [2.45, 2.75) is 31.9 Å². The molecule has 0 aliphatic heterocycles. The van der Waals surface area contributed by atoms with E-state index in [2.05, 4.69) is 5.32 Å². The van der Waals surface area contributed by atoms with E-state index in [1.165, 1.54) is 0 Å². The molecule has 1 aromatic heterocycles. The van der Waals surface area contributed by atoms with Crippen molar-refractivity contribution >= 4 is 23.0 Å². The van der Waals surface area contributed by atoms with Gasteiger partial charge in [-0.3, -0.25) is 9.59 Å². The molecule has 6 heteroatoms. The molecular formula is C30H29NO4S. The highest BCUT2D eigenvalue weighted by atomic mass is 32.1. The predicted molar refractivity (Wildman–Crippen MR) is 142 cm³/mol. The van der Waals surface area contributed by atoms with Gasteiger partial charge in [0.05, 0.1) is 13.2 Å².